The number of hydrogen-bond acceptors (Lipinski definition) is 2. The number of ether oxygens (including phenoxy) is 1. The first-order valence-electron chi connectivity index (χ1n) is 3.33. The van der Waals surface area contributed by atoms with Crippen LogP contribution in [0.2, 0.25) is 0 Å². The van der Waals surface area contributed by atoms with E-state index >= 15 is 0 Å². The third kappa shape index (κ3) is 4.47. The number of rotatable bonds is 3. The molecule has 0 saturated heterocycles. The van der Waals surface area contributed by atoms with E-state index in [1.54, 1.807) is 0 Å². The molecule has 0 spiro atoms. The second-order valence-corrected chi connectivity index (χ2v) is 2.28. The Balaban J connectivity index is 4.96. The molecule has 90 valence electrons. The van der Waals surface area contributed by atoms with E-state index in [0.29, 0.717) is 0 Å². The summed E-state index contributed by atoms with van der Waals surface area (Å²) in [6, 6.07) is 0. The fourth-order valence-corrected chi connectivity index (χ4v) is 0.559. The van der Waals surface area contributed by atoms with Crippen molar-refractivity contribution in [3.8, 4) is 0 Å². The van der Waals surface area contributed by atoms with Gasteiger partial charge in [0.05, 0.1) is 6.61 Å². The molecule has 0 aromatic rings. The first kappa shape index (κ1) is 14.2. The summed E-state index contributed by atoms with van der Waals surface area (Å²) in [5.41, 5.74) is 0. The van der Waals surface area contributed by atoms with Crippen LogP contribution in [0.4, 0.5) is 30.7 Å². The van der Waals surface area contributed by atoms with E-state index in [1.165, 1.54) is 0 Å². The second-order valence-electron chi connectivity index (χ2n) is 2.28. The van der Waals surface area contributed by atoms with Crippen molar-refractivity contribution in [1.82, 2.24) is 0 Å². The SMILES string of the molecule is OC/C=C/C(F)(OC(F)(F)F)C(F)(F)F. The molecule has 9 heteroatoms. The minimum Gasteiger partial charge on any atom is -0.392 e. The summed E-state index contributed by atoms with van der Waals surface area (Å²) in [6.45, 7) is -1.05. The van der Waals surface area contributed by atoms with E-state index in [4.69, 9.17) is 5.11 Å². The van der Waals surface area contributed by atoms with E-state index in [9.17, 15) is 30.7 Å². The first-order chi connectivity index (χ1) is 6.52. The first-order valence-corrected chi connectivity index (χ1v) is 3.33. The normalized spacial score (nSPS) is 18.1. The quantitative estimate of drug-likeness (QED) is 0.607. The molecule has 0 amide bonds. The Kier molecular flexibility index (Phi) is 4.11. The van der Waals surface area contributed by atoms with E-state index in [0.717, 1.165) is 0 Å². The molecular weight excluding hydrogens is 237 g/mol. The van der Waals surface area contributed by atoms with Gasteiger partial charge in [0.2, 0.25) is 0 Å². The van der Waals surface area contributed by atoms with Gasteiger partial charge >= 0.3 is 18.4 Å². The molecule has 0 saturated carbocycles. The van der Waals surface area contributed by atoms with Crippen molar-refractivity contribution in [2.75, 3.05) is 6.61 Å². The summed E-state index contributed by atoms with van der Waals surface area (Å²) in [7, 11) is 0. The lowest BCUT2D eigenvalue weighted by Gasteiger charge is -2.25. The molecule has 0 rings (SSSR count). The molecule has 1 N–H and O–H groups in total. The van der Waals surface area contributed by atoms with Gasteiger partial charge in [-0.15, -0.1) is 13.2 Å². The van der Waals surface area contributed by atoms with E-state index < -0.39 is 31.1 Å². The monoisotopic (exact) mass is 242 g/mol. The lowest BCUT2D eigenvalue weighted by molar-refractivity contribution is -0.432. The van der Waals surface area contributed by atoms with Crippen LogP contribution in [0.5, 0.6) is 0 Å². The average molecular weight is 242 g/mol. The molecule has 0 aliphatic rings. The van der Waals surface area contributed by atoms with Crippen LogP contribution in [-0.2, 0) is 4.74 Å². The van der Waals surface area contributed by atoms with Gasteiger partial charge in [-0.2, -0.15) is 17.6 Å². The van der Waals surface area contributed by atoms with Gasteiger partial charge in [-0.3, -0.25) is 0 Å². The summed E-state index contributed by atoms with van der Waals surface area (Å²) in [5, 5.41) is 8.04. The van der Waals surface area contributed by atoms with Crippen LogP contribution in [0, 0.1) is 0 Å². The van der Waals surface area contributed by atoms with Gasteiger partial charge < -0.3 is 5.11 Å². The van der Waals surface area contributed by atoms with E-state index in [1.807, 2.05) is 0 Å². The molecule has 0 aromatic heterocycles. The van der Waals surface area contributed by atoms with Gasteiger partial charge in [-0.25, -0.2) is 4.74 Å². The summed E-state index contributed by atoms with van der Waals surface area (Å²) < 4.78 is 84.8. The van der Waals surface area contributed by atoms with Crippen molar-refractivity contribution in [3.05, 3.63) is 12.2 Å². The Bertz CT molecular complexity index is 231. The third-order valence-electron chi connectivity index (χ3n) is 1.09. The number of alkyl halides is 7. The zero-order valence-electron chi connectivity index (χ0n) is 6.86. The molecular formula is C6H5F7O2. The van der Waals surface area contributed by atoms with Crippen LogP contribution in [0.15, 0.2) is 12.2 Å². The molecule has 0 fully saturated rings. The molecule has 0 radical (unpaired) electrons. The average Bonchev–Trinajstić information content (AvgIpc) is 1.95. The van der Waals surface area contributed by atoms with Crippen molar-refractivity contribution in [2.24, 2.45) is 0 Å². The number of halogens is 7. The Hall–Kier alpha value is -0.830. The van der Waals surface area contributed by atoms with Crippen molar-refractivity contribution in [2.45, 2.75) is 18.4 Å². The summed E-state index contributed by atoms with van der Waals surface area (Å²) in [5.74, 6) is -4.99. The predicted octanol–water partition coefficient (Wildman–Crippen LogP) is 2.30. The topological polar surface area (TPSA) is 29.5 Å². The minimum absolute atomic E-state index is 0.152. The zero-order valence-corrected chi connectivity index (χ0v) is 6.86. The highest BCUT2D eigenvalue weighted by molar-refractivity contribution is 5.00. The van der Waals surface area contributed by atoms with Crippen LogP contribution >= 0.6 is 0 Å². The highest BCUT2D eigenvalue weighted by Crippen LogP contribution is 2.40. The fraction of sp³-hybridized carbons (Fsp3) is 0.667. The predicted molar refractivity (Wildman–Crippen MR) is 33.3 cm³/mol. The van der Waals surface area contributed by atoms with Crippen molar-refractivity contribution in [3.63, 3.8) is 0 Å². The number of aliphatic hydroxyl groups is 1. The molecule has 15 heavy (non-hydrogen) atoms. The lowest BCUT2D eigenvalue weighted by Crippen LogP contribution is -2.45. The van der Waals surface area contributed by atoms with Crippen molar-refractivity contribution >= 4 is 0 Å². The summed E-state index contributed by atoms with van der Waals surface area (Å²) >= 11 is 0. The maximum Gasteiger partial charge on any atom is 0.525 e. The van der Waals surface area contributed by atoms with Gasteiger partial charge in [0.25, 0.3) is 0 Å². The lowest BCUT2D eigenvalue weighted by atomic mass is 10.2. The summed E-state index contributed by atoms with van der Waals surface area (Å²) in [6.07, 6.45) is -12.1. The Labute approximate surface area is 78.9 Å². The van der Waals surface area contributed by atoms with Gasteiger partial charge in [0, 0.05) is 0 Å². The maximum atomic E-state index is 12.7. The second kappa shape index (κ2) is 4.35. The molecule has 1 atom stereocenters. The Morgan fingerprint density at radius 1 is 1.00 bits per heavy atom. The van der Waals surface area contributed by atoms with Gasteiger partial charge in [-0.1, -0.05) is 6.08 Å². The highest BCUT2D eigenvalue weighted by atomic mass is 19.4. The molecule has 1 unspecified atom stereocenters. The minimum atomic E-state index is -5.89. The van der Waals surface area contributed by atoms with E-state index in [2.05, 4.69) is 4.74 Å². The molecule has 0 heterocycles. The fourth-order valence-electron chi connectivity index (χ4n) is 0.559. The van der Waals surface area contributed by atoms with E-state index in [-0.39, 0.29) is 6.08 Å². The van der Waals surface area contributed by atoms with Gasteiger partial charge in [0.1, 0.15) is 0 Å². The Morgan fingerprint density at radius 2 is 1.47 bits per heavy atom. The molecule has 0 bridgehead atoms. The Morgan fingerprint density at radius 3 is 1.73 bits per heavy atom. The standard InChI is InChI=1S/C6H5F7O2/c7-4(2-1-3-14,5(8,9)10)15-6(11,12)13/h1-2,14H,3H2/b2-1+. The van der Waals surface area contributed by atoms with Crippen molar-refractivity contribution < 1.29 is 40.6 Å². The number of aliphatic hydroxyl groups excluding tert-OH is 1. The smallest absolute Gasteiger partial charge is 0.392 e. The van der Waals surface area contributed by atoms with Gasteiger partial charge in [-0.05, 0) is 6.08 Å². The summed E-state index contributed by atoms with van der Waals surface area (Å²) in [4.78, 5) is 0. The van der Waals surface area contributed by atoms with Crippen LogP contribution in [0.3, 0.4) is 0 Å². The largest absolute Gasteiger partial charge is 0.525 e. The van der Waals surface area contributed by atoms with Crippen LogP contribution in [0.25, 0.3) is 0 Å². The maximum absolute atomic E-state index is 12.7. The number of hydrogen-bond donors (Lipinski definition) is 1. The zero-order chi connectivity index (χ0) is 12.3. The highest BCUT2D eigenvalue weighted by Gasteiger charge is 2.61. The molecule has 0 aliphatic carbocycles. The molecule has 0 aliphatic heterocycles. The van der Waals surface area contributed by atoms with Crippen LogP contribution in [0.1, 0.15) is 0 Å². The van der Waals surface area contributed by atoms with Crippen LogP contribution in [-0.4, -0.2) is 30.1 Å². The molecule has 2 nitrogen and oxygen atoms in total. The van der Waals surface area contributed by atoms with Crippen molar-refractivity contribution in [1.29, 1.82) is 0 Å². The molecule has 0 aromatic carbocycles. The van der Waals surface area contributed by atoms with Gasteiger partial charge in [0.15, 0.2) is 0 Å². The third-order valence-corrected chi connectivity index (χ3v) is 1.09. The van der Waals surface area contributed by atoms with Crippen LogP contribution < -0.4 is 0 Å².